The van der Waals surface area contributed by atoms with Crippen LogP contribution in [0.5, 0.6) is 0 Å². The maximum Gasteiger partial charge on any atom is 0.306 e. The number of carboxylic acid groups (broad SMARTS) is 1. The van der Waals surface area contributed by atoms with Crippen LogP contribution in [0, 0.1) is 11.8 Å². The summed E-state index contributed by atoms with van der Waals surface area (Å²) < 4.78 is 27.0. The van der Waals surface area contributed by atoms with E-state index < -0.39 is 33.6 Å². The van der Waals surface area contributed by atoms with Gasteiger partial charge in [0.25, 0.3) is 0 Å². The Bertz CT molecular complexity index is 753. The van der Waals surface area contributed by atoms with Crippen LogP contribution in [-0.2, 0) is 26.0 Å². The highest BCUT2D eigenvalue weighted by molar-refractivity contribution is 7.90. The fourth-order valence-electron chi connectivity index (χ4n) is 3.21. The zero-order chi connectivity index (χ0) is 20.0. The van der Waals surface area contributed by atoms with Gasteiger partial charge in [0.15, 0.2) is 0 Å². The van der Waals surface area contributed by atoms with Gasteiger partial charge in [-0.3, -0.25) is 9.59 Å². The van der Waals surface area contributed by atoms with Crippen molar-refractivity contribution < 1.29 is 23.1 Å². The molecule has 0 heterocycles. The molecule has 1 unspecified atom stereocenters. The van der Waals surface area contributed by atoms with Crippen LogP contribution in [0.1, 0.15) is 45.1 Å². The van der Waals surface area contributed by atoms with Gasteiger partial charge >= 0.3 is 5.97 Å². The third kappa shape index (κ3) is 7.30. The summed E-state index contributed by atoms with van der Waals surface area (Å²) in [4.78, 5) is 23.0. The molecule has 2 rings (SSSR count). The van der Waals surface area contributed by atoms with Crippen molar-refractivity contribution in [3.8, 4) is 0 Å². The smallest absolute Gasteiger partial charge is 0.306 e. The lowest BCUT2D eigenvalue weighted by atomic mass is 9.88. The van der Waals surface area contributed by atoms with E-state index in [0.717, 1.165) is 31.2 Å². The number of carbonyl (C=O) groups excluding carboxylic acids is 1. The molecule has 150 valence electrons. The van der Waals surface area contributed by atoms with Crippen LogP contribution < -0.4 is 10.0 Å². The van der Waals surface area contributed by atoms with Crippen molar-refractivity contribution in [1.29, 1.82) is 0 Å². The SMILES string of the molecule is CC1CCC(NS(=O)(=O)CC(=O)Nc2ccc(CC(C)C(=O)O)cc2)CC1. The van der Waals surface area contributed by atoms with Crippen LogP contribution >= 0.6 is 0 Å². The molecule has 1 aliphatic carbocycles. The molecule has 8 heteroatoms. The second-order valence-corrected chi connectivity index (χ2v) is 9.28. The van der Waals surface area contributed by atoms with Gasteiger partial charge in [-0.2, -0.15) is 0 Å². The second-order valence-electron chi connectivity index (χ2n) is 7.52. The highest BCUT2D eigenvalue weighted by Crippen LogP contribution is 2.23. The van der Waals surface area contributed by atoms with Crippen LogP contribution in [0.15, 0.2) is 24.3 Å². The van der Waals surface area contributed by atoms with Crippen molar-refractivity contribution in [3.05, 3.63) is 29.8 Å². The van der Waals surface area contributed by atoms with Gasteiger partial charge in [0, 0.05) is 11.7 Å². The zero-order valence-electron chi connectivity index (χ0n) is 15.8. The monoisotopic (exact) mass is 396 g/mol. The molecule has 3 N–H and O–H groups in total. The fourth-order valence-corrected chi connectivity index (χ4v) is 4.45. The number of rotatable bonds is 8. The predicted octanol–water partition coefficient (Wildman–Crippen LogP) is 2.39. The summed E-state index contributed by atoms with van der Waals surface area (Å²) in [5.41, 5.74) is 1.32. The Kier molecular flexibility index (Phi) is 7.38. The minimum atomic E-state index is -3.68. The average Bonchev–Trinajstić information content (AvgIpc) is 2.57. The Hall–Kier alpha value is -1.93. The third-order valence-electron chi connectivity index (χ3n) is 4.88. The third-order valence-corrected chi connectivity index (χ3v) is 6.22. The highest BCUT2D eigenvalue weighted by atomic mass is 32.2. The van der Waals surface area contributed by atoms with Gasteiger partial charge in [-0.25, -0.2) is 13.1 Å². The molecule has 0 aliphatic heterocycles. The van der Waals surface area contributed by atoms with Gasteiger partial charge in [-0.15, -0.1) is 0 Å². The maximum absolute atomic E-state index is 12.2. The van der Waals surface area contributed by atoms with E-state index in [1.54, 1.807) is 31.2 Å². The molecule has 1 aromatic rings. The summed E-state index contributed by atoms with van der Waals surface area (Å²) in [6, 6.07) is 6.65. The molecular weight excluding hydrogens is 368 g/mol. The van der Waals surface area contributed by atoms with E-state index >= 15 is 0 Å². The number of nitrogens with one attached hydrogen (secondary N) is 2. The van der Waals surface area contributed by atoms with Crippen LogP contribution in [-0.4, -0.2) is 37.2 Å². The maximum atomic E-state index is 12.2. The molecule has 0 aromatic heterocycles. The molecule has 7 nitrogen and oxygen atoms in total. The molecule has 1 aliphatic rings. The van der Waals surface area contributed by atoms with E-state index in [1.165, 1.54) is 0 Å². The van der Waals surface area contributed by atoms with Crippen molar-refractivity contribution in [1.82, 2.24) is 4.72 Å². The molecule has 0 spiro atoms. The minimum absolute atomic E-state index is 0.0884. The number of hydrogen-bond donors (Lipinski definition) is 3. The largest absolute Gasteiger partial charge is 0.481 e. The zero-order valence-corrected chi connectivity index (χ0v) is 16.6. The Morgan fingerprint density at radius 2 is 1.74 bits per heavy atom. The molecular formula is C19H28N2O5S. The lowest BCUT2D eigenvalue weighted by Gasteiger charge is -2.26. The fraction of sp³-hybridized carbons (Fsp3) is 0.579. The molecule has 27 heavy (non-hydrogen) atoms. The van der Waals surface area contributed by atoms with Crippen molar-refractivity contribution in [2.45, 2.75) is 52.0 Å². The lowest BCUT2D eigenvalue weighted by Crippen LogP contribution is -2.41. The topological polar surface area (TPSA) is 113 Å². The summed E-state index contributed by atoms with van der Waals surface area (Å²) in [5.74, 6) is -1.95. The van der Waals surface area contributed by atoms with E-state index in [0.29, 0.717) is 18.0 Å². The van der Waals surface area contributed by atoms with Crippen LogP contribution in [0.3, 0.4) is 0 Å². The first-order valence-electron chi connectivity index (χ1n) is 9.26. The number of carbonyl (C=O) groups is 2. The van der Waals surface area contributed by atoms with Gasteiger partial charge in [0.1, 0.15) is 5.75 Å². The normalized spacial score (nSPS) is 21.4. The summed E-state index contributed by atoms with van der Waals surface area (Å²) in [6.07, 6.45) is 3.98. The van der Waals surface area contributed by atoms with Crippen molar-refractivity contribution >= 4 is 27.6 Å². The van der Waals surface area contributed by atoms with E-state index in [2.05, 4.69) is 17.0 Å². The van der Waals surface area contributed by atoms with Crippen LogP contribution in [0.2, 0.25) is 0 Å². The number of aliphatic carboxylic acids is 1. The Labute approximate surface area is 160 Å². The molecule has 1 amide bonds. The summed E-state index contributed by atoms with van der Waals surface area (Å²) in [7, 11) is -3.68. The second kappa shape index (κ2) is 9.32. The number of sulfonamides is 1. The lowest BCUT2D eigenvalue weighted by molar-refractivity contribution is -0.141. The van der Waals surface area contributed by atoms with Gasteiger partial charge in [-0.05, 0) is 55.7 Å². The van der Waals surface area contributed by atoms with E-state index in [9.17, 15) is 18.0 Å². The number of carboxylic acids is 1. The average molecular weight is 397 g/mol. The van der Waals surface area contributed by atoms with E-state index in [1.807, 2.05) is 0 Å². The molecule has 0 saturated heterocycles. The standard InChI is InChI=1S/C19H28N2O5S/c1-13-3-7-17(8-4-13)21-27(25,26)12-18(22)20-16-9-5-15(6-10-16)11-14(2)19(23)24/h5-6,9-10,13-14,17,21H,3-4,7-8,11-12H2,1-2H3,(H,20,22)(H,23,24). The van der Waals surface area contributed by atoms with Gasteiger partial charge in [0.05, 0.1) is 5.92 Å². The number of amides is 1. The minimum Gasteiger partial charge on any atom is -0.481 e. The number of anilines is 1. The molecule has 0 bridgehead atoms. The Morgan fingerprint density at radius 3 is 2.30 bits per heavy atom. The Morgan fingerprint density at radius 1 is 1.15 bits per heavy atom. The van der Waals surface area contributed by atoms with Crippen LogP contribution in [0.25, 0.3) is 0 Å². The summed E-state index contributed by atoms with van der Waals surface area (Å²) in [5, 5.41) is 11.5. The first-order chi connectivity index (χ1) is 12.6. The molecule has 1 atom stereocenters. The first-order valence-corrected chi connectivity index (χ1v) is 10.9. The predicted molar refractivity (Wildman–Crippen MR) is 104 cm³/mol. The Balaban J connectivity index is 1.84. The highest BCUT2D eigenvalue weighted by Gasteiger charge is 2.24. The summed E-state index contributed by atoms with van der Waals surface area (Å²) >= 11 is 0. The molecule has 0 radical (unpaired) electrons. The van der Waals surface area contributed by atoms with E-state index in [4.69, 9.17) is 5.11 Å². The van der Waals surface area contributed by atoms with Gasteiger partial charge in [-0.1, -0.05) is 26.0 Å². The van der Waals surface area contributed by atoms with Crippen molar-refractivity contribution in [2.24, 2.45) is 11.8 Å². The van der Waals surface area contributed by atoms with Crippen LogP contribution in [0.4, 0.5) is 5.69 Å². The summed E-state index contributed by atoms with van der Waals surface area (Å²) in [6.45, 7) is 3.79. The van der Waals surface area contributed by atoms with Gasteiger partial charge in [0.2, 0.25) is 15.9 Å². The first kappa shape index (κ1) is 21.4. The quantitative estimate of drug-likeness (QED) is 0.624. The molecule has 1 fully saturated rings. The van der Waals surface area contributed by atoms with Gasteiger partial charge < -0.3 is 10.4 Å². The molecule has 1 aromatic carbocycles. The molecule has 1 saturated carbocycles. The number of hydrogen-bond acceptors (Lipinski definition) is 4. The number of benzene rings is 1. The van der Waals surface area contributed by atoms with Crippen molar-refractivity contribution in [3.63, 3.8) is 0 Å². The van der Waals surface area contributed by atoms with Crippen molar-refractivity contribution in [2.75, 3.05) is 11.1 Å². The van der Waals surface area contributed by atoms with E-state index in [-0.39, 0.29) is 6.04 Å².